The number of thioether (sulfide) groups is 1. The number of amides is 1. The highest BCUT2D eigenvalue weighted by atomic mass is 32.2. The van der Waals surface area contributed by atoms with Gasteiger partial charge in [0.05, 0.1) is 12.2 Å². The standard InChI is InChI=1S/C24H17N5O4S2/c1-2-32-18-12-14(7-8-17(18)33-23(31)19-6-4-10-34-19)11-16-20(25)29-24(27-21(16)30)35-22(28-29)15-5-3-9-26-13-15/h3-13,25H,2H2,1H3/b16-11-,25-20?. The van der Waals surface area contributed by atoms with E-state index in [9.17, 15) is 9.59 Å². The van der Waals surface area contributed by atoms with Crippen LogP contribution in [0.5, 0.6) is 11.5 Å². The van der Waals surface area contributed by atoms with E-state index in [1.54, 1.807) is 60.2 Å². The molecule has 9 nitrogen and oxygen atoms in total. The summed E-state index contributed by atoms with van der Waals surface area (Å²) in [5.41, 5.74) is 1.44. The second-order valence-electron chi connectivity index (χ2n) is 7.17. The molecule has 0 radical (unpaired) electrons. The minimum Gasteiger partial charge on any atom is -0.490 e. The molecule has 174 valence electrons. The summed E-state index contributed by atoms with van der Waals surface area (Å²) in [4.78, 5) is 33.8. The van der Waals surface area contributed by atoms with Crippen molar-refractivity contribution >= 4 is 57.1 Å². The zero-order valence-electron chi connectivity index (χ0n) is 18.3. The van der Waals surface area contributed by atoms with Crippen molar-refractivity contribution in [2.75, 3.05) is 6.61 Å². The number of pyridine rings is 1. The number of hydrazone groups is 1. The fourth-order valence-electron chi connectivity index (χ4n) is 3.28. The lowest BCUT2D eigenvalue weighted by atomic mass is 10.1. The third-order valence-corrected chi connectivity index (χ3v) is 6.67. The molecule has 1 N–H and O–H groups in total. The van der Waals surface area contributed by atoms with E-state index in [4.69, 9.17) is 14.9 Å². The summed E-state index contributed by atoms with van der Waals surface area (Å²) in [6, 6.07) is 12.0. The van der Waals surface area contributed by atoms with Gasteiger partial charge in [-0.1, -0.05) is 12.1 Å². The molecule has 0 spiro atoms. The van der Waals surface area contributed by atoms with Crippen LogP contribution in [0.3, 0.4) is 0 Å². The highest BCUT2D eigenvalue weighted by Crippen LogP contribution is 2.33. The molecule has 35 heavy (non-hydrogen) atoms. The van der Waals surface area contributed by atoms with Gasteiger partial charge >= 0.3 is 5.97 Å². The number of rotatable bonds is 6. The SMILES string of the molecule is CCOc1cc(/C=C2/C(=N)N3N=C(c4cccnc4)SC3=NC2=O)ccc1OC(=O)c1cccs1. The molecule has 0 fully saturated rings. The van der Waals surface area contributed by atoms with Crippen LogP contribution in [-0.2, 0) is 4.79 Å². The Labute approximate surface area is 208 Å². The van der Waals surface area contributed by atoms with Crippen LogP contribution in [0.15, 0.2) is 75.9 Å². The van der Waals surface area contributed by atoms with Crippen molar-refractivity contribution in [1.29, 1.82) is 5.41 Å². The van der Waals surface area contributed by atoms with Gasteiger partial charge in [0.15, 0.2) is 17.3 Å². The number of nitrogens with one attached hydrogen (secondary N) is 1. The van der Waals surface area contributed by atoms with Crippen molar-refractivity contribution in [3.8, 4) is 11.5 Å². The number of hydrogen-bond acceptors (Lipinski definition) is 9. The predicted molar refractivity (Wildman–Crippen MR) is 135 cm³/mol. The van der Waals surface area contributed by atoms with Crippen molar-refractivity contribution in [2.24, 2.45) is 10.1 Å². The van der Waals surface area contributed by atoms with Crippen molar-refractivity contribution in [3.63, 3.8) is 0 Å². The van der Waals surface area contributed by atoms with E-state index in [2.05, 4.69) is 15.1 Å². The molecular formula is C24H17N5O4S2. The molecule has 3 aromatic rings. The third kappa shape index (κ3) is 4.63. The van der Waals surface area contributed by atoms with Crippen molar-refractivity contribution in [3.05, 3.63) is 81.8 Å². The van der Waals surface area contributed by atoms with E-state index in [0.29, 0.717) is 33.0 Å². The smallest absolute Gasteiger partial charge is 0.353 e. The summed E-state index contributed by atoms with van der Waals surface area (Å²) in [5.74, 6) is -0.495. The van der Waals surface area contributed by atoms with Crippen LogP contribution in [0.2, 0.25) is 0 Å². The minimum atomic E-state index is -0.539. The number of amidine groups is 2. The molecular weight excluding hydrogens is 486 g/mol. The van der Waals surface area contributed by atoms with Crippen LogP contribution < -0.4 is 9.47 Å². The first kappa shape index (κ1) is 22.7. The van der Waals surface area contributed by atoms with Crippen LogP contribution in [0.25, 0.3) is 6.08 Å². The zero-order valence-corrected chi connectivity index (χ0v) is 19.9. The number of benzene rings is 1. The highest BCUT2D eigenvalue weighted by Gasteiger charge is 2.36. The molecule has 0 aliphatic carbocycles. The largest absolute Gasteiger partial charge is 0.490 e. The van der Waals surface area contributed by atoms with E-state index in [1.165, 1.54) is 28.1 Å². The molecule has 2 aromatic heterocycles. The van der Waals surface area contributed by atoms with Crippen LogP contribution in [0, 0.1) is 5.41 Å². The Morgan fingerprint density at radius 1 is 1.20 bits per heavy atom. The molecule has 2 aliphatic rings. The van der Waals surface area contributed by atoms with Gasteiger partial charge in [-0.3, -0.25) is 15.2 Å². The molecule has 0 saturated heterocycles. The Kier molecular flexibility index (Phi) is 6.25. The third-order valence-electron chi connectivity index (χ3n) is 4.87. The summed E-state index contributed by atoms with van der Waals surface area (Å²) in [7, 11) is 0. The number of thiophene rings is 1. The number of hydrogen-bond donors (Lipinski definition) is 1. The number of aliphatic imine (C=N–C) groups is 1. The maximum absolute atomic E-state index is 12.7. The first-order valence-electron chi connectivity index (χ1n) is 10.5. The Hall–Kier alpha value is -4.09. The molecule has 5 rings (SSSR count). The van der Waals surface area contributed by atoms with E-state index >= 15 is 0 Å². The summed E-state index contributed by atoms with van der Waals surface area (Å²) in [5, 5.41) is 17.1. The number of nitrogens with zero attached hydrogens (tertiary/aromatic N) is 4. The summed E-state index contributed by atoms with van der Waals surface area (Å²) in [6.45, 7) is 2.16. The molecule has 4 heterocycles. The molecule has 0 bridgehead atoms. The van der Waals surface area contributed by atoms with E-state index in [0.717, 1.165) is 5.56 Å². The second kappa shape index (κ2) is 9.65. The van der Waals surface area contributed by atoms with Crippen molar-refractivity contribution < 1.29 is 19.1 Å². The van der Waals surface area contributed by atoms with Gasteiger partial charge in [0.25, 0.3) is 5.91 Å². The van der Waals surface area contributed by atoms with Gasteiger partial charge in [-0.25, -0.2) is 4.79 Å². The van der Waals surface area contributed by atoms with Crippen LogP contribution in [0.1, 0.15) is 27.7 Å². The van der Waals surface area contributed by atoms with Gasteiger partial charge in [0.2, 0.25) is 5.17 Å². The topological polar surface area (TPSA) is 117 Å². The number of carbonyl (C=O) groups is 2. The number of aromatic nitrogens is 1. The average molecular weight is 504 g/mol. The number of carbonyl (C=O) groups excluding carboxylic acids is 2. The van der Waals surface area contributed by atoms with E-state index in [-0.39, 0.29) is 17.2 Å². The average Bonchev–Trinajstić information content (AvgIpc) is 3.55. The van der Waals surface area contributed by atoms with Crippen molar-refractivity contribution in [1.82, 2.24) is 9.99 Å². The normalized spacial score (nSPS) is 16.1. The zero-order chi connectivity index (χ0) is 24.4. The first-order chi connectivity index (χ1) is 17.0. The molecule has 0 saturated carbocycles. The maximum atomic E-state index is 12.7. The summed E-state index contributed by atoms with van der Waals surface area (Å²) < 4.78 is 11.2. The fraction of sp³-hybridized carbons (Fsp3) is 0.0833. The molecule has 11 heteroatoms. The van der Waals surface area contributed by atoms with Crippen LogP contribution in [0.4, 0.5) is 0 Å². The number of fused-ring (bicyclic) bond motifs is 1. The monoisotopic (exact) mass is 503 g/mol. The van der Waals surface area contributed by atoms with Crippen molar-refractivity contribution in [2.45, 2.75) is 6.92 Å². The Morgan fingerprint density at radius 2 is 2.09 bits per heavy atom. The van der Waals surface area contributed by atoms with E-state index in [1.807, 2.05) is 13.0 Å². The number of esters is 1. The van der Waals surface area contributed by atoms with Gasteiger partial charge in [-0.05, 0) is 66.0 Å². The van der Waals surface area contributed by atoms with Crippen LogP contribution in [-0.4, -0.2) is 44.5 Å². The summed E-state index contributed by atoms with van der Waals surface area (Å²) in [6.07, 6.45) is 4.86. The molecule has 2 aliphatic heterocycles. The van der Waals surface area contributed by atoms with Gasteiger partial charge in [-0.15, -0.1) is 11.3 Å². The molecule has 0 unspecified atom stereocenters. The maximum Gasteiger partial charge on any atom is 0.353 e. The second-order valence-corrected chi connectivity index (χ2v) is 9.08. The lowest BCUT2D eigenvalue weighted by molar-refractivity contribution is -0.114. The molecule has 1 aromatic carbocycles. The van der Waals surface area contributed by atoms with Gasteiger partial charge in [0.1, 0.15) is 9.92 Å². The fourth-order valence-corrected chi connectivity index (χ4v) is 4.76. The summed E-state index contributed by atoms with van der Waals surface area (Å²) >= 11 is 2.49. The Morgan fingerprint density at radius 3 is 2.83 bits per heavy atom. The molecule has 0 atom stereocenters. The van der Waals surface area contributed by atoms with E-state index < -0.39 is 11.9 Å². The Balaban J connectivity index is 1.42. The van der Waals surface area contributed by atoms with Gasteiger partial charge in [-0.2, -0.15) is 15.1 Å². The first-order valence-corrected chi connectivity index (χ1v) is 12.2. The lowest BCUT2D eigenvalue weighted by Gasteiger charge is -2.20. The molecule has 1 amide bonds. The minimum absolute atomic E-state index is 0.0799. The van der Waals surface area contributed by atoms with Gasteiger partial charge < -0.3 is 9.47 Å². The number of ether oxygens (including phenoxy) is 2. The lowest BCUT2D eigenvalue weighted by Crippen LogP contribution is -2.35. The van der Waals surface area contributed by atoms with Crippen LogP contribution >= 0.6 is 23.1 Å². The Bertz CT molecular complexity index is 1410. The predicted octanol–water partition coefficient (Wildman–Crippen LogP) is 4.43. The quantitative estimate of drug-likeness (QED) is 0.300. The highest BCUT2D eigenvalue weighted by molar-refractivity contribution is 8.27. The van der Waals surface area contributed by atoms with Gasteiger partial charge in [0, 0.05) is 18.0 Å².